The number of rotatable bonds is 12. The molecule has 10 heteroatoms. The Balaban J connectivity index is 1.96. The molecule has 1 N–H and O–H groups in total. The summed E-state index contributed by atoms with van der Waals surface area (Å²) in [6, 6.07) is 13.1. The highest BCUT2D eigenvalue weighted by atomic mass is 35.5. The van der Waals surface area contributed by atoms with Crippen molar-refractivity contribution in [3.05, 3.63) is 59.1 Å². The van der Waals surface area contributed by atoms with E-state index < -0.39 is 28.5 Å². The third kappa shape index (κ3) is 7.61. The Morgan fingerprint density at radius 2 is 1.73 bits per heavy atom. The molecule has 0 heterocycles. The zero-order chi connectivity index (χ0) is 27.0. The van der Waals surface area contributed by atoms with Gasteiger partial charge < -0.3 is 15.0 Å². The lowest BCUT2D eigenvalue weighted by Crippen LogP contribution is -2.53. The van der Waals surface area contributed by atoms with E-state index in [1.807, 2.05) is 13.0 Å². The van der Waals surface area contributed by atoms with Crippen molar-refractivity contribution in [2.24, 2.45) is 0 Å². The van der Waals surface area contributed by atoms with Gasteiger partial charge in [0.05, 0.1) is 18.6 Å². The molecule has 0 aromatic heterocycles. The largest absolute Gasteiger partial charge is 0.492 e. The Morgan fingerprint density at radius 3 is 2.35 bits per heavy atom. The van der Waals surface area contributed by atoms with Gasteiger partial charge in [0.25, 0.3) is 0 Å². The number of hydrogen-bond acceptors (Lipinski definition) is 5. The van der Waals surface area contributed by atoms with Crippen LogP contribution in [0.4, 0.5) is 5.69 Å². The van der Waals surface area contributed by atoms with Crippen LogP contribution in [0.2, 0.25) is 5.02 Å². The number of anilines is 1. The first-order chi connectivity index (χ1) is 17.7. The molecule has 37 heavy (non-hydrogen) atoms. The average Bonchev–Trinajstić information content (AvgIpc) is 3.36. The number of benzene rings is 2. The predicted octanol–water partition coefficient (Wildman–Crippen LogP) is 4.37. The first-order valence-corrected chi connectivity index (χ1v) is 14.9. The van der Waals surface area contributed by atoms with Gasteiger partial charge in [0.2, 0.25) is 21.8 Å². The molecule has 3 rings (SSSR count). The number of hydrogen-bond donors (Lipinski definition) is 1. The van der Waals surface area contributed by atoms with E-state index in [9.17, 15) is 18.0 Å². The summed E-state index contributed by atoms with van der Waals surface area (Å²) in [7, 11) is -3.86. The van der Waals surface area contributed by atoms with Crippen molar-refractivity contribution in [3.8, 4) is 5.75 Å². The molecule has 1 fully saturated rings. The first-order valence-electron chi connectivity index (χ1n) is 12.7. The van der Waals surface area contributed by atoms with E-state index in [0.717, 1.165) is 36.2 Å². The highest BCUT2D eigenvalue weighted by Gasteiger charge is 2.33. The maximum atomic E-state index is 13.9. The molecule has 2 aromatic carbocycles. The quantitative estimate of drug-likeness (QED) is 0.424. The van der Waals surface area contributed by atoms with E-state index in [1.54, 1.807) is 49.4 Å². The summed E-state index contributed by atoms with van der Waals surface area (Å²) in [5.74, 6) is -0.396. The summed E-state index contributed by atoms with van der Waals surface area (Å²) in [6.07, 6.45) is 5.36. The summed E-state index contributed by atoms with van der Waals surface area (Å²) in [5.41, 5.74) is 0.937. The van der Waals surface area contributed by atoms with Gasteiger partial charge in [0.15, 0.2) is 0 Å². The van der Waals surface area contributed by atoms with E-state index in [1.165, 1.54) is 4.90 Å². The van der Waals surface area contributed by atoms with Gasteiger partial charge in [-0.05, 0) is 49.9 Å². The summed E-state index contributed by atoms with van der Waals surface area (Å²) in [4.78, 5) is 28.6. The molecule has 202 valence electrons. The molecule has 2 amide bonds. The van der Waals surface area contributed by atoms with Gasteiger partial charge >= 0.3 is 0 Å². The molecule has 1 saturated carbocycles. The number of ether oxygens (including phenoxy) is 1. The van der Waals surface area contributed by atoms with Crippen molar-refractivity contribution in [1.29, 1.82) is 0 Å². The third-order valence-corrected chi connectivity index (χ3v) is 7.99. The lowest BCUT2D eigenvalue weighted by atomic mass is 10.1. The standard InChI is InChI=1S/C27H36ClN3O5S/c1-4-23(27(33)29-21-13-7-8-14-21)30(18-20-12-6-9-15-22(20)28)26(32)19-31(37(3,34)35)24-16-10-11-17-25(24)36-5-2/h6,9-12,15-17,21,23H,4-5,7-8,13-14,18-19H2,1-3H3,(H,29,33)/t23-/m0/s1. The maximum absolute atomic E-state index is 13.9. The lowest BCUT2D eigenvalue weighted by molar-refractivity contribution is -0.140. The van der Waals surface area contributed by atoms with E-state index in [4.69, 9.17) is 16.3 Å². The fourth-order valence-corrected chi connectivity index (χ4v) is 5.68. The zero-order valence-corrected chi connectivity index (χ0v) is 23.2. The average molecular weight is 550 g/mol. The van der Waals surface area contributed by atoms with E-state index in [0.29, 0.717) is 29.4 Å². The molecule has 2 aromatic rings. The van der Waals surface area contributed by atoms with Crippen LogP contribution < -0.4 is 14.4 Å². The topological polar surface area (TPSA) is 96.0 Å². The van der Waals surface area contributed by atoms with E-state index in [-0.39, 0.29) is 24.2 Å². The molecular formula is C27H36ClN3O5S. The van der Waals surface area contributed by atoms with Gasteiger partial charge in [-0.15, -0.1) is 0 Å². The number of amides is 2. The molecule has 0 spiro atoms. The molecular weight excluding hydrogens is 514 g/mol. The molecule has 1 atom stereocenters. The second-order valence-corrected chi connectivity index (χ2v) is 11.5. The van der Waals surface area contributed by atoms with E-state index >= 15 is 0 Å². The smallest absolute Gasteiger partial charge is 0.244 e. The Labute approximate surface area is 225 Å². The zero-order valence-electron chi connectivity index (χ0n) is 21.7. The van der Waals surface area contributed by atoms with Crippen LogP contribution in [0, 0.1) is 0 Å². The molecule has 1 aliphatic carbocycles. The van der Waals surface area contributed by atoms with Crippen LogP contribution in [0.15, 0.2) is 48.5 Å². The lowest BCUT2D eigenvalue weighted by Gasteiger charge is -2.33. The summed E-state index contributed by atoms with van der Waals surface area (Å²) in [6.45, 7) is 3.55. The second-order valence-electron chi connectivity index (χ2n) is 9.20. The molecule has 0 bridgehead atoms. The highest BCUT2D eigenvalue weighted by Crippen LogP contribution is 2.30. The number of carbonyl (C=O) groups excluding carboxylic acids is 2. The van der Waals surface area contributed by atoms with Crippen LogP contribution in [0.1, 0.15) is 51.5 Å². The fraction of sp³-hybridized carbons (Fsp3) is 0.481. The number of halogens is 1. The minimum absolute atomic E-state index is 0.0693. The SMILES string of the molecule is CCOc1ccccc1N(CC(=O)N(Cc1ccccc1Cl)[C@@H](CC)C(=O)NC1CCCC1)S(C)(=O)=O. The van der Waals surface area contributed by atoms with Crippen molar-refractivity contribution in [3.63, 3.8) is 0 Å². The number of para-hydroxylation sites is 2. The number of sulfonamides is 1. The molecule has 0 aliphatic heterocycles. The van der Waals surface area contributed by atoms with Gasteiger partial charge in [-0.3, -0.25) is 13.9 Å². The normalized spacial score (nSPS) is 14.7. The highest BCUT2D eigenvalue weighted by molar-refractivity contribution is 7.92. The van der Waals surface area contributed by atoms with Crippen molar-refractivity contribution in [2.75, 3.05) is 23.7 Å². The van der Waals surface area contributed by atoms with Gasteiger partial charge in [0.1, 0.15) is 18.3 Å². The summed E-state index contributed by atoms with van der Waals surface area (Å²) < 4.78 is 32.4. The third-order valence-electron chi connectivity index (χ3n) is 6.50. The van der Waals surface area contributed by atoms with Gasteiger partial charge in [0, 0.05) is 17.6 Å². The Morgan fingerprint density at radius 1 is 1.08 bits per heavy atom. The van der Waals surface area contributed by atoms with Crippen LogP contribution in [-0.4, -0.2) is 56.6 Å². The minimum Gasteiger partial charge on any atom is -0.492 e. The van der Waals surface area contributed by atoms with Crippen LogP contribution >= 0.6 is 11.6 Å². The van der Waals surface area contributed by atoms with Crippen molar-refractivity contribution < 1.29 is 22.7 Å². The second kappa shape index (κ2) is 13.1. The Kier molecular flexibility index (Phi) is 10.2. The summed E-state index contributed by atoms with van der Waals surface area (Å²) >= 11 is 6.41. The van der Waals surface area contributed by atoms with Crippen LogP contribution in [0.3, 0.4) is 0 Å². The number of nitrogens with zero attached hydrogens (tertiary/aromatic N) is 2. The fourth-order valence-electron chi connectivity index (χ4n) is 4.63. The number of carbonyl (C=O) groups is 2. The van der Waals surface area contributed by atoms with Crippen molar-refractivity contribution >= 4 is 39.1 Å². The summed E-state index contributed by atoms with van der Waals surface area (Å²) in [5, 5.41) is 3.55. The number of nitrogens with one attached hydrogen (secondary N) is 1. The van der Waals surface area contributed by atoms with Crippen LogP contribution in [-0.2, 0) is 26.2 Å². The van der Waals surface area contributed by atoms with E-state index in [2.05, 4.69) is 5.32 Å². The molecule has 0 saturated heterocycles. The molecule has 0 unspecified atom stereocenters. The Hall–Kier alpha value is -2.78. The van der Waals surface area contributed by atoms with Crippen LogP contribution in [0.5, 0.6) is 5.75 Å². The van der Waals surface area contributed by atoms with Gasteiger partial charge in [-0.1, -0.05) is 61.7 Å². The molecule has 0 radical (unpaired) electrons. The van der Waals surface area contributed by atoms with Crippen molar-refractivity contribution in [1.82, 2.24) is 10.2 Å². The minimum atomic E-state index is -3.86. The maximum Gasteiger partial charge on any atom is 0.244 e. The molecule has 1 aliphatic rings. The monoisotopic (exact) mass is 549 g/mol. The van der Waals surface area contributed by atoms with Gasteiger partial charge in [-0.2, -0.15) is 0 Å². The van der Waals surface area contributed by atoms with Crippen molar-refractivity contribution in [2.45, 2.75) is 64.6 Å². The molecule has 8 nitrogen and oxygen atoms in total. The van der Waals surface area contributed by atoms with Gasteiger partial charge in [-0.25, -0.2) is 8.42 Å². The first kappa shape index (κ1) is 28.8. The predicted molar refractivity (Wildman–Crippen MR) is 146 cm³/mol. The van der Waals surface area contributed by atoms with Crippen LogP contribution in [0.25, 0.3) is 0 Å². The Bertz CT molecular complexity index is 1180.